The normalized spacial score (nSPS) is 43.0. The molecule has 2 bridgehead atoms. The molecule has 2 N–H and O–H groups in total. The van der Waals surface area contributed by atoms with Crippen LogP contribution in [-0.2, 0) is 0 Å². The summed E-state index contributed by atoms with van der Waals surface area (Å²) in [5, 5.41) is 0. The lowest BCUT2D eigenvalue weighted by Gasteiger charge is -2.33. The largest absolute Gasteiger partial charge is 0.328 e. The Morgan fingerprint density at radius 2 is 1.89 bits per heavy atom. The lowest BCUT2D eigenvalue weighted by molar-refractivity contribution is 0.174. The Hall–Kier alpha value is -0.120. The summed E-state index contributed by atoms with van der Waals surface area (Å²) in [5.41, 5.74) is 6.12. The molecule has 3 heteroatoms. The Balaban J connectivity index is 1.54. The third kappa shape index (κ3) is 2.73. The molecular weight excluding hydrogens is 222 g/mol. The fourth-order valence-corrected chi connectivity index (χ4v) is 4.41. The first-order valence-electron chi connectivity index (χ1n) is 7.92. The van der Waals surface area contributed by atoms with E-state index in [1.165, 1.54) is 64.6 Å². The summed E-state index contributed by atoms with van der Waals surface area (Å²) >= 11 is 0. The van der Waals surface area contributed by atoms with Gasteiger partial charge in [-0.15, -0.1) is 0 Å². The van der Waals surface area contributed by atoms with E-state index in [-0.39, 0.29) is 0 Å². The molecule has 1 aliphatic carbocycles. The number of nitrogens with zero attached hydrogens (tertiary/aromatic N) is 2. The lowest BCUT2D eigenvalue weighted by Crippen LogP contribution is -2.40. The molecule has 1 saturated carbocycles. The van der Waals surface area contributed by atoms with Gasteiger partial charge in [-0.2, -0.15) is 0 Å². The number of nitrogens with two attached hydrogens (primary N) is 1. The van der Waals surface area contributed by atoms with Gasteiger partial charge in [-0.25, -0.2) is 0 Å². The van der Waals surface area contributed by atoms with Crippen molar-refractivity contribution in [3.05, 3.63) is 0 Å². The molecule has 0 aromatic heterocycles. The molecule has 2 aliphatic heterocycles. The maximum atomic E-state index is 6.12. The highest BCUT2D eigenvalue weighted by Gasteiger charge is 2.35. The highest BCUT2D eigenvalue weighted by Crippen LogP contribution is 2.30. The molecule has 2 heterocycles. The zero-order chi connectivity index (χ0) is 12.5. The topological polar surface area (TPSA) is 32.5 Å². The number of hydrogen-bond acceptors (Lipinski definition) is 3. The standard InChI is InChI=1S/C15H29N3/c1-17-14-5-6-15(17)11-18(8-7-14)10-12-3-2-4-13(16)9-12/h12-15H,2-11,16H2,1H3. The minimum Gasteiger partial charge on any atom is -0.328 e. The van der Waals surface area contributed by atoms with Gasteiger partial charge in [-0.3, -0.25) is 4.90 Å². The smallest absolute Gasteiger partial charge is 0.0223 e. The van der Waals surface area contributed by atoms with E-state index in [9.17, 15) is 0 Å². The second-order valence-electron chi connectivity index (χ2n) is 6.89. The third-order valence-corrected chi connectivity index (χ3v) is 5.57. The van der Waals surface area contributed by atoms with Gasteiger partial charge in [0, 0.05) is 31.2 Å². The lowest BCUT2D eigenvalue weighted by atomic mass is 9.85. The highest BCUT2D eigenvalue weighted by atomic mass is 15.3. The summed E-state index contributed by atoms with van der Waals surface area (Å²) in [4.78, 5) is 5.38. The van der Waals surface area contributed by atoms with Crippen molar-refractivity contribution in [1.82, 2.24) is 9.80 Å². The van der Waals surface area contributed by atoms with Gasteiger partial charge in [0.1, 0.15) is 0 Å². The predicted octanol–water partition coefficient (Wildman–Crippen LogP) is 1.67. The molecule has 0 spiro atoms. The Morgan fingerprint density at radius 1 is 1.06 bits per heavy atom. The van der Waals surface area contributed by atoms with E-state index >= 15 is 0 Å². The van der Waals surface area contributed by atoms with Crippen LogP contribution in [0.2, 0.25) is 0 Å². The van der Waals surface area contributed by atoms with Crippen LogP contribution in [0.1, 0.15) is 44.9 Å². The fourth-order valence-electron chi connectivity index (χ4n) is 4.41. The summed E-state index contributed by atoms with van der Waals surface area (Å²) in [6.07, 6.45) is 9.51. The van der Waals surface area contributed by atoms with E-state index < -0.39 is 0 Å². The molecule has 0 amide bonds. The van der Waals surface area contributed by atoms with Gasteiger partial charge < -0.3 is 10.6 Å². The fraction of sp³-hybridized carbons (Fsp3) is 1.00. The van der Waals surface area contributed by atoms with Crippen molar-refractivity contribution in [2.45, 2.75) is 63.1 Å². The number of rotatable bonds is 2. The van der Waals surface area contributed by atoms with Crippen molar-refractivity contribution in [1.29, 1.82) is 0 Å². The van der Waals surface area contributed by atoms with Gasteiger partial charge in [-0.05, 0) is 58.0 Å². The van der Waals surface area contributed by atoms with Gasteiger partial charge in [0.25, 0.3) is 0 Å². The van der Waals surface area contributed by atoms with Crippen molar-refractivity contribution in [3.8, 4) is 0 Å². The maximum Gasteiger partial charge on any atom is 0.0223 e. The molecule has 0 aromatic carbocycles. The van der Waals surface area contributed by atoms with Gasteiger partial charge in [0.15, 0.2) is 0 Å². The van der Waals surface area contributed by atoms with Crippen LogP contribution in [0.4, 0.5) is 0 Å². The van der Waals surface area contributed by atoms with Crippen molar-refractivity contribution in [2.24, 2.45) is 11.7 Å². The zero-order valence-electron chi connectivity index (χ0n) is 11.9. The molecule has 3 aliphatic rings. The third-order valence-electron chi connectivity index (χ3n) is 5.57. The van der Waals surface area contributed by atoms with Crippen molar-refractivity contribution >= 4 is 0 Å². The number of fused-ring (bicyclic) bond motifs is 2. The minimum atomic E-state index is 0.481. The number of hydrogen-bond donors (Lipinski definition) is 1. The quantitative estimate of drug-likeness (QED) is 0.810. The van der Waals surface area contributed by atoms with E-state index in [1.54, 1.807) is 0 Å². The Bertz CT molecular complexity index is 281. The molecule has 18 heavy (non-hydrogen) atoms. The monoisotopic (exact) mass is 251 g/mol. The number of likely N-dealkylation sites (tertiary alicyclic amines) is 1. The van der Waals surface area contributed by atoms with Crippen LogP contribution in [0.15, 0.2) is 0 Å². The van der Waals surface area contributed by atoms with Crippen molar-refractivity contribution in [3.63, 3.8) is 0 Å². The van der Waals surface area contributed by atoms with E-state index in [0.29, 0.717) is 6.04 Å². The van der Waals surface area contributed by atoms with E-state index in [1.807, 2.05) is 0 Å². The molecular formula is C15H29N3. The summed E-state index contributed by atoms with van der Waals surface area (Å²) < 4.78 is 0. The average Bonchev–Trinajstić information content (AvgIpc) is 2.58. The average molecular weight is 251 g/mol. The van der Waals surface area contributed by atoms with E-state index in [0.717, 1.165) is 18.0 Å². The second kappa shape index (κ2) is 5.48. The molecule has 3 rings (SSSR count). The molecule has 0 radical (unpaired) electrons. The van der Waals surface area contributed by atoms with E-state index in [4.69, 9.17) is 5.73 Å². The van der Waals surface area contributed by atoms with Crippen LogP contribution >= 0.6 is 0 Å². The minimum absolute atomic E-state index is 0.481. The van der Waals surface area contributed by atoms with E-state index in [2.05, 4.69) is 16.8 Å². The molecule has 4 atom stereocenters. The van der Waals surface area contributed by atoms with Crippen LogP contribution in [0, 0.1) is 5.92 Å². The van der Waals surface area contributed by atoms with Crippen molar-refractivity contribution < 1.29 is 0 Å². The molecule has 0 aromatic rings. The van der Waals surface area contributed by atoms with Gasteiger partial charge in [-0.1, -0.05) is 6.42 Å². The van der Waals surface area contributed by atoms with Gasteiger partial charge in [0.2, 0.25) is 0 Å². The van der Waals surface area contributed by atoms with Crippen LogP contribution in [0.25, 0.3) is 0 Å². The van der Waals surface area contributed by atoms with Gasteiger partial charge >= 0.3 is 0 Å². The molecule has 4 unspecified atom stereocenters. The Labute approximate surface area is 112 Å². The summed E-state index contributed by atoms with van der Waals surface area (Å²) in [7, 11) is 2.34. The first-order valence-corrected chi connectivity index (χ1v) is 7.92. The van der Waals surface area contributed by atoms with Crippen LogP contribution in [0.5, 0.6) is 0 Å². The zero-order valence-corrected chi connectivity index (χ0v) is 11.9. The summed E-state index contributed by atoms with van der Waals surface area (Å²) in [6, 6.07) is 2.18. The first-order chi connectivity index (χ1) is 8.72. The second-order valence-corrected chi connectivity index (χ2v) is 6.89. The Kier molecular flexibility index (Phi) is 3.92. The van der Waals surface area contributed by atoms with Crippen molar-refractivity contribution in [2.75, 3.05) is 26.7 Å². The molecule has 3 fully saturated rings. The first kappa shape index (κ1) is 12.9. The number of likely N-dealkylation sites (N-methyl/N-ethyl adjacent to an activating group) is 1. The molecule has 2 saturated heterocycles. The molecule has 3 nitrogen and oxygen atoms in total. The highest BCUT2D eigenvalue weighted by molar-refractivity contribution is 4.91. The predicted molar refractivity (Wildman–Crippen MR) is 75.6 cm³/mol. The van der Waals surface area contributed by atoms with Crippen LogP contribution in [-0.4, -0.2) is 54.6 Å². The van der Waals surface area contributed by atoms with Gasteiger partial charge in [0.05, 0.1) is 0 Å². The SMILES string of the molecule is CN1C2CCC1CN(CC1CCCC(N)C1)CC2. The van der Waals surface area contributed by atoms with Crippen LogP contribution < -0.4 is 5.73 Å². The summed E-state index contributed by atoms with van der Waals surface area (Å²) in [5.74, 6) is 0.871. The van der Waals surface area contributed by atoms with Crippen LogP contribution in [0.3, 0.4) is 0 Å². The summed E-state index contributed by atoms with van der Waals surface area (Å²) in [6.45, 7) is 3.93. The Morgan fingerprint density at radius 3 is 2.72 bits per heavy atom. The maximum absolute atomic E-state index is 6.12. The molecule has 104 valence electrons.